The number of aromatic nitrogens is 5. The molecule has 0 bridgehead atoms. The first-order valence-corrected chi connectivity index (χ1v) is 10.1. The zero-order valence-corrected chi connectivity index (χ0v) is 17.3. The molecule has 0 fully saturated rings. The van der Waals surface area contributed by atoms with Gasteiger partial charge in [-0.05, 0) is 26.0 Å². The molecule has 9 heteroatoms. The summed E-state index contributed by atoms with van der Waals surface area (Å²) in [6.07, 6.45) is 4.08. The lowest BCUT2D eigenvalue weighted by molar-refractivity contribution is 0.0949. The van der Waals surface area contributed by atoms with Gasteiger partial charge < -0.3 is 10.2 Å². The minimum absolute atomic E-state index is 0.225. The van der Waals surface area contributed by atoms with E-state index in [0.717, 1.165) is 27.2 Å². The van der Waals surface area contributed by atoms with E-state index < -0.39 is 0 Å². The number of anilines is 2. The Morgan fingerprint density at radius 3 is 2.79 bits per heavy atom. The van der Waals surface area contributed by atoms with Crippen molar-refractivity contribution in [3.63, 3.8) is 0 Å². The van der Waals surface area contributed by atoms with Gasteiger partial charge in [0.1, 0.15) is 16.5 Å². The van der Waals surface area contributed by atoms with E-state index in [2.05, 4.69) is 25.4 Å². The van der Waals surface area contributed by atoms with E-state index in [1.165, 1.54) is 0 Å². The SMILES string of the molecule is Cc1nc(C)c(N(C)c2cc(C(=O)NCCc3ccccn3)nc3ccnn23)s1. The second-order valence-electron chi connectivity index (χ2n) is 6.61. The molecule has 0 radical (unpaired) electrons. The molecule has 4 rings (SSSR count). The number of thiazole rings is 1. The Kier molecular flexibility index (Phi) is 5.22. The third kappa shape index (κ3) is 3.95. The van der Waals surface area contributed by atoms with Gasteiger partial charge in [-0.25, -0.2) is 9.97 Å². The first-order chi connectivity index (χ1) is 14.0. The number of amides is 1. The van der Waals surface area contributed by atoms with Crippen LogP contribution in [0.3, 0.4) is 0 Å². The number of carbonyl (C=O) groups excluding carboxylic acids is 1. The molecule has 0 saturated heterocycles. The Morgan fingerprint density at radius 1 is 1.21 bits per heavy atom. The predicted octanol–water partition coefficient (Wildman–Crippen LogP) is 2.94. The van der Waals surface area contributed by atoms with Crippen LogP contribution in [-0.2, 0) is 6.42 Å². The summed E-state index contributed by atoms with van der Waals surface area (Å²) in [6, 6.07) is 9.29. The Labute approximate surface area is 172 Å². The van der Waals surface area contributed by atoms with Crippen molar-refractivity contribution in [2.24, 2.45) is 0 Å². The largest absolute Gasteiger partial charge is 0.350 e. The van der Waals surface area contributed by atoms with Crippen LogP contribution in [0.2, 0.25) is 0 Å². The molecule has 0 aliphatic rings. The Bertz CT molecular complexity index is 1150. The number of aryl methyl sites for hydroxylation is 2. The summed E-state index contributed by atoms with van der Waals surface area (Å²) in [5, 5.41) is 9.28. The third-order valence-electron chi connectivity index (χ3n) is 4.49. The van der Waals surface area contributed by atoms with E-state index in [9.17, 15) is 4.79 Å². The molecule has 148 valence electrons. The lowest BCUT2D eigenvalue weighted by Gasteiger charge is -2.19. The van der Waals surface area contributed by atoms with Crippen molar-refractivity contribution >= 4 is 33.7 Å². The van der Waals surface area contributed by atoms with Crippen LogP contribution < -0.4 is 10.2 Å². The second kappa shape index (κ2) is 7.96. The standard InChI is InChI=1S/C20H21N7OS/c1-13-20(29-14(2)24-13)26(3)18-12-16(25-17-8-11-23-27(17)18)19(28)22-10-7-15-6-4-5-9-21-15/h4-6,8-9,11-12H,7,10H2,1-3H3,(H,22,28). The third-order valence-corrected chi connectivity index (χ3v) is 5.64. The van der Waals surface area contributed by atoms with Crippen LogP contribution in [0.4, 0.5) is 10.8 Å². The number of rotatable bonds is 6. The van der Waals surface area contributed by atoms with Crippen molar-refractivity contribution < 1.29 is 4.79 Å². The minimum Gasteiger partial charge on any atom is -0.350 e. The number of hydrogen-bond acceptors (Lipinski definition) is 7. The highest BCUT2D eigenvalue weighted by molar-refractivity contribution is 7.15. The van der Waals surface area contributed by atoms with Crippen LogP contribution in [-0.4, -0.2) is 44.1 Å². The zero-order chi connectivity index (χ0) is 20.4. The first-order valence-electron chi connectivity index (χ1n) is 9.23. The monoisotopic (exact) mass is 407 g/mol. The van der Waals surface area contributed by atoms with Crippen LogP contribution in [0.5, 0.6) is 0 Å². The molecule has 4 aromatic heterocycles. The van der Waals surface area contributed by atoms with Crippen molar-refractivity contribution in [1.82, 2.24) is 29.9 Å². The van der Waals surface area contributed by atoms with E-state index in [4.69, 9.17) is 0 Å². The molecule has 0 spiro atoms. The molecule has 0 saturated carbocycles. The number of nitrogens with one attached hydrogen (secondary N) is 1. The average Bonchev–Trinajstić information content (AvgIpc) is 3.33. The summed E-state index contributed by atoms with van der Waals surface area (Å²) < 4.78 is 1.72. The molecule has 4 heterocycles. The molecule has 0 unspecified atom stereocenters. The fourth-order valence-electron chi connectivity index (χ4n) is 3.13. The van der Waals surface area contributed by atoms with Gasteiger partial charge in [-0.3, -0.25) is 9.78 Å². The number of nitrogens with zero attached hydrogens (tertiary/aromatic N) is 6. The van der Waals surface area contributed by atoms with Crippen molar-refractivity contribution in [2.45, 2.75) is 20.3 Å². The van der Waals surface area contributed by atoms with Crippen LogP contribution in [0.15, 0.2) is 42.7 Å². The van der Waals surface area contributed by atoms with Gasteiger partial charge in [0.25, 0.3) is 5.91 Å². The summed E-state index contributed by atoms with van der Waals surface area (Å²) in [5.74, 6) is 0.526. The van der Waals surface area contributed by atoms with E-state index in [1.54, 1.807) is 40.4 Å². The topological polar surface area (TPSA) is 88.3 Å². The maximum Gasteiger partial charge on any atom is 0.270 e. The molecule has 0 atom stereocenters. The highest BCUT2D eigenvalue weighted by Crippen LogP contribution is 2.32. The molecule has 1 amide bonds. The molecule has 0 aliphatic carbocycles. The maximum absolute atomic E-state index is 12.7. The van der Waals surface area contributed by atoms with Crippen LogP contribution in [0, 0.1) is 13.8 Å². The fraction of sp³-hybridized carbons (Fsp3) is 0.250. The smallest absolute Gasteiger partial charge is 0.270 e. The summed E-state index contributed by atoms with van der Waals surface area (Å²) in [6.45, 7) is 4.44. The van der Waals surface area contributed by atoms with Gasteiger partial charge in [-0.15, -0.1) is 11.3 Å². The molecule has 0 aromatic carbocycles. The van der Waals surface area contributed by atoms with Gasteiger partial charge in [0.2, 0.25) is 0 Å². The van der Waals surface area contributed by atoms with E-state index in [1.807, 2.05) is 44.0 Å². The Hall–Kier alpha value is -3.33. The lowest BCUT2D eigenvalue weighted by atomic mass is 10.2. The molecule has 29 heavy (non-hydrogen) atoms. The number of pyridine rings is 1. The predicted molar refractivity (Wildman–Crippen MR) is 113 cm³/mol. The average molecular weight is 408 g/mol. The van der Waals surface area contributed by atoms with Crippen LogP contribution >= 0.6 is 11.3 Å². The van der Waals surface area contributed by atoms with Gasteiger partial charge >= 0.3 is 0 Å². The van der Waals surface area contributed by atoms with E-state index in [0.29, 0.717) is 24.3 Å². The highest BCUT2D eigenvalue weighted by Gasteiger charge is 2.19. The van der Waals surface area contributed by atoms with Gasteiger partial charge in [-0.2, -0.15) is 9.61 Å². The Balaban J connectivity index is 1.59. The molecule has 0 aliphatic heterocycles. The van der Waals surface area contributed by atoms with E-state index >= 15 is 0 Å². The van der Waals surface area contributed by atoms with Gasteiger partial charge in [0.15, 0.2) is 5.65 Å². The lowest BCUT2D eigenvalue weighted by Crippen LogP contribution is -2.27. The molecular weight excluding hydrogens is 386 g/mol. The quantitative estimate of drug-likeness (QED) is 0.529. The number of carbonyl (C=O) groups is 1. The van der Waals surface area contributed by atoms with Gasteiger partial charge in [-0.1, -0.05) is 6.07 Å². The second-order valence-corrected chi connectivity index (χ2v) is 7.79. The van der Waals surface area contributed by atoms with Crippen molar-refractivity contribution in [3.05, 3.63) is 64.8 Å². The number of hydrogen-bond donors (Lipinski definition) is 1. The zero-order valence-electron chi connectivity index (χ0n) is 16.5. The molecule has 8 nitrogen and oxygen atoms in total. The molecule has 4 aromatic rings. The van der Waals surface area contributed by atoms with Crippen molar-refractivity contribution in [1.29, 1.82) is 0 Å². The highest BCUT2D eigenvalue weighted by atomic mass is 32.1. The van der Waals surface area contributed by atoms with Gasteiger partial charge in [0.05, 0.1) is 16.9 Å². The normalized spacial score (nSPS) is 11.0. The minimum atomic E-state index is -0.225. The molecule has 1 N–H and O–H groups in total. The summed E-state index contributed by atoms with van der Waals surface area (Å²) >= 11 is 1.60. The maximum atomic E-state index is 12.7. The van der Waals surface area contributed by atoms with Crippen LogP contribution in [0.25, 0.3) is 5.65 Å². The van der Waals surface area contributed by atoms with Crippen molar-refractivity contribution in [3.8, 4) is 0 Å². The Morgan fingerprint density at radius 2 is 2.07 bits per heavy atom. The van der Waals surface area contributed by atoms with Crippen LogP contribution in [0.1, 0.15) is 26.9 Å². The van der Waals surface area contributed by atoms with Gasteiger partial charge in [0, 0.05) is 44.0 Å². The van der Waals surface area contributed by atoms with E-state index in [-0.39, 0.29) is 5.91 Å². The first kappa shape index (κ1) is 19.0. The fourth-order valence-corrected chi connectivity index (χ4v) is 4.01. The molecular formula is C20H21N7OS. The number of fused-ring (bicyclic) bond motifs is 1. The van der Waals surface area contributed by atoms with Crippen molar-refractivity contribution in [2.75, 3.05) is 18.5 Å². The summed E-state index contributed by atoms with van der Waals surface area (Å²) in [7, 11) is 1.94. The summed E-state index contributed by atoms with van der Waals surface area (Å²) in [5.41, 5.74) is 2.83. The summed E-state index contributed by atoms with van der Waals surface area (Å²) in [4.78, 5) is 28.0.